The maximum Gasteiger partial charge on any atom is 0.305 e. The van der Waals surface area contributed by atoms with Crippen molar-refractivity contribution in [1.29, 1.82) is 0 Å². The molecule has 1 atom stereocenters. The number of carbonyl (C=O) groups is 1. The number of esters is 1. The first-order valence-corrected chi connectivity index (χ1v) is 4.81. The summed E-state index contributed by atoms with van der Waals surface area (Å²) < 4.78 is 14.9. The van der Waals surface area contributed by atoms with Crippen molar-refractivity contribution in [2.75, 3.05) is 21.3 Å². The summed E-state index contributed by atoms with van der Waals surface area (Å²) in [6.45, 7) is 2.05. The summed E-state index contributed by atoms with van der Waals surface area (Å²) in [6, 6.07) is 0. The number of hydrogen-bond donors (Lipinski definition) is 0. The Morgan fingerprint density at radius 3 is 2.14 bits per heavy atom. The molecule has 0 fully saturated rings. The monoisotopic (exact) mass is 204 g/mol. The van der Waals surface area contributed by atoms with Gasteiger partial charge >= 0.3 is 5.97 Å². The minimum atomic E-state index is -0.232. The first kappa shape index (κ1) is 13.4. The van der Waals surface area contributed by atoms with E-state index in [0.717, 1.165) is 12.8 Å². The molecule has 0 heterocycles. The lowest BCUT2D eigenvalue weighted by molar-refractivity contribution is -0.148. The molecule has 4 heteroatoms. The van der Waals surface area contributed by atoms with E-state index in [2.05, 4.69) is 4.74 Å². The van der Waals surface area contributed by atoms with Crippen LogP contribution in [0.1, 0.15) is 26.2 Å². The van der Waals surface area contributed by atoms with Gasteiger partial charge in [-0.2, -0.15) is 0 Å². The summed E-state index contributed by atoms with van der Waals surface area (Å²) in [5.74, 6) is 0.0542. The molecule has 14 heavy (non-hydrogen) atoms. The molecule has 0 rings (SSSR count). The van der Waals surface area contributed by atoms with Gasteiger partial charge in [0.25, 0.3) is 0 Å². The average Bonchev–Trinajstić information content (AvgIpc) is 2.23. The van der Waals surface area contributed by atoms with Crippen molar-refractivity contribution in [3.63, 3.8) is 0 Å². The molecule has 0 aliphatic rings. The number of ether oxygens (including phenoxy) is 3. The second kappa shape index (κ2) is 7.76. The largest absolute Gasteiger partial charge is 0.469 e. The molecule has 4 nitrogen and oxygen atoms in total. The lowest BCUT2D eigenvalue weighted by Gasteiger charge is -2.22. The number of hydrogen-bond acceptors (Lipinski definition) is 4. The van der Waals surface area contributed by atoms with Gasteiger partial charge < -0.3 is 14.2 Å². The van der Waals surface area contributed by atoms with E-state index in [1.54, 1.807) is 14.2 Å². The van der Waals surface area contributed by atoms with E-state index in [1.165, 1.54) is 7.11 Å². The molecule has 0 amide bonds. The molecule has 0 aromatic rings. The van der Waals surface area contributed by atoms with Gasteiger partial charge in [-0.15, -0.1) is 0 Å². The van der Waals surface area contributed by atoms with Crippen LogP contribution in [0.2, 0.25) is 0 Å². The van der Waals surface area contributed by atoms with Crippen LogP contribution in [0.5, 0.6) is 0 Å². The Bertz CT molecular complexity index is 154. The van der Waals surface area contributed by atoms with E-state index >= 15 is 0 Å². The molecule has 1 unspecified atom stereocenters. The normalized spacial score (nSPS) is 12.9. The minimum absolute atomic E-state index is 0.186. The fraction of sp³-hybridized carbons (Fsp3) is 0.900. The van der Waals surface area contributed by atoms with Gasteiger partial charge in [0.15, 0.2) is 6.29 Å². The standard InChI is InChI=1S/C10H20O4/c1-5-8(10(13-3)14-4)6-7-9(11)12-2/h8,10H,5-7H2,1-4H3. The van der Waals surface area contributed by atoms with E-state index in [1.807, 2.05) is 6.92 Å². The quantitative estimate of drug-likeness (QED) is 0.466. The Labute approximate surface area is 85.5 Å². The first-order chi connectivity index (χ1) is 6.69. The topological polar surface area (TPSA) is 44.8 Å². The smallest absolute Gasteiger partial charge is 0.305 e. The summed E-state index contributed by atoms with van der Waals surface area (Å²) in [5, 5.41) is 0. The van der Waals surface area contributed by atoms with Crippen LogP contribution in [0.15, 0.2) is 0 Å². The molecule has 0 saturated carbocycles. The van der Waals surface area contributed by atoms with E-state index < -0.39 is 0 Å². The van der Waals surface area contributed by atoms with Crippen molar-refractivity contribution in [1.82, 2.24) is 0 Å². The van der Waals surface area contributed by atoms with Crippen LogP contribution in [0.3, 0.4) is 0 Å². The summed E-state index contributed by atoms with van der Waals surface area (Å²) in [5.41, 5.74) is 0. The SMILES string of the molecule is CCC(CCC(=O)OC)C(OC)OC. The highest BCUT2D eigenvalue weighted by atomic mass is 16.7. The van der Waals surface area contributed by atoms with Gasteiger partial charge in [0.05, 0.1) is 7.11 Å². The molecule has 84 valence electrons. The molecular formula is C10H20O4. The fourth-order valence-corrected chi connectivity index (χ4v) is 1.42. The van der Waals surface area contributed by atoms with E-state index in [4.69, 9.17) is 9.47 Å². The predicted octanol–water partition coefficient (Wildman–Crippen LogP) is 1.58. The summed E-state index contributed by atoms with van der Waals surface area (Å²) in [4.78, 5) is 10.9. The van der Waals surface area contributed by atoms with Crippen molar-refractivity contribution < 1.29 is 19.0 Å². The average molecular weight is 204 g/mol. The second-order valence-electron chi connectivity index (χ2n) is 3.12. The minimum Gasteiger partial charge on any atom is -0.469 e. The molecule has 0 spiro atoms. The Balaban J connectivity index is 3.94. The Morgan fingerprint density at radius 1 is 1.21 bits per heavy atom. The van der Waals surface area contributed by atoms with Crippen LogP contribution in [0.25, 0.3) is 0 Å². The van der Waals surface area contributed by atoms with Crippen molar-refractivity contribution in [2.24, 2.45) is 5.92 Å². The molecule has 0 aliphatic heterocycles. The van der Waals surface area contributed by atoms with Crippen molar-refractivity contribution >= 4 is 5.97 Å². The van der Waals surface area contributed by atoms with Crippen LogP contribution in [0, 0.1) is 5.92 Å². The second-order valence-corrected chi connectivity index (χ2v) is 3.12. The zero-order valence-corrected chi connectivity index (χ0v) is 9.41. The van der Waals surface area contributed by atoms with Crippen molar-refractivity contribution in [3.05, 3.63) is 0 Å². The van der Waals surface area contributed by atoms with Crippen LogP contribution >= 0.6 is 0 Å². The van der Waals surface area contributed by atoms with Gasteiger partial charge in [-0.1, -0.05) is 6.92 Å². The van der Waals surface area contributed by atoms with Crippen LogP contribution < -0.4 is 0 Å². The summed E-state index contributed by atoms with van der Waals surface area (Å²) in [7, 11) is 4.61. The summed E-state index contributed by atoms with van der Waals surface area (Å²) in [6.07, 6.45) is 1.83. The Hall–Kier alpha value is -0.610. The van der Waals surface area contributed by atoms with Gasteiger partial charge in [0.1, 0.15) is 0 Å². The third-order valence-electron chi connectivity index (χ3n) is 2.32. The molecule has 0 N–H and O–H groups in total. The Morgan fingerprint density at radius 2 is 1.79 bits per heavy atom. The first-order valence-electron chi connectivity index (χ1n) is 4.81. The van der Waals surface area contributed by atoms with Crippen molar-refractivity contribution in [3.8, 4) is 0 Å². The molecule has 0 radical (unpaired) electrons. The maximum atomic E-state index is 10.9. The van der Waals surface area contributed by atoms with Crippen LogP contribution in [-0.4, -0.2) is 33.6 Å². The predicted molar refractivity (Wildman–Crippen MR) is 52.8 cm³/mol. The lowest BCUT2D eigenvalue weighted by atomic mass is 10.00. The van der Waals surface area contributed by atoms with Gasteiger partial charge in [0.2, 0.25) is 0 Å². The van der Waals surface area contributed by atoms with Gasteiger partial charge in [-0.3, -0.25) is 4.79 Å². The van der Waals surface area contributed by atoms with Crippen LogP contribution in [-0.2, 0) is 19.0 Å². The molecule has 0 bridgehead atoms. The third kappa shape index (κ3) is 4.58. The van der Waals surface area contributed by atoms with Gasteiger partial charge in [0, 0.05) is 26.6 Å². The van der Waals surface area contributed by atoms with Gasteiger partial charge in [-0.05, 0) is 12.8 Å². The lowest BCUT2D eigenvalue weighted by Crippen LogP contribution is -2.25. The molecule has 0 aromatic heterocycles. The van der Waals surface area contributed by atoms with Crippen LogP contribution in [0.4, 0.5) is 0 Å². The third-order valence-corrected chi connectivity index (χ3v) is 2.32. The molecular weight excluding hydrogens is 184 g/mol. The Kier molecular flexibility index (Phi) is 7.42. The fourth-order valence-electron chi connectivity index (χ4n) is 1.42. The zero-order chi connectivity index (χ0) is 11.0. The number of methoxy groups -OCH3 is 3. The number of carbonyl (C=O) groups excluding carboxylic acids is 1. The van der Waals surface area contributed by atoms with Crippen molar-refractivity contribution in [2.45, 2.75) is 32.5 Å². The molecule has 0 saturated heterocycles. The molecule has 0 aliphatic carbocycles. The van der Waals surface area contributed by atoms with E-state index in [0.29, 0.717) is 6.42 Å². The highest BCUT2D eigenvalue weighted by Gasteiger charge is 2.19. The van der Waals surface area contributed by atoms with E-state index in [9.17, 15) is 4.79 Å². The highest BCUT2D eigenvalue weighted by Crippen LogP contribution is 2.18. The molecule has 0 aromatic carbocycles. The summed E-state index contributed by atoms with van der Waals surface area (Å²) >= 11 is 0. The van der Waals surface area contributed by atoms with E-state index in [-0.39, 0.29) is 18.2 Å². The number of rotatable bonds is 7. The highest BCUT2D eigenvalue weighted by molar-refractivity contribution is 5.69. The van der Waals surface area contributed by atoms with Gasteiger partial charge in [-0.25, -0.2) is 0 Å². The maximum absolute atomic E-state index is 10.9. The zero-order valence-electron chi connectivity index (χ0n) is 9.41.